The summed E-state index contributed by atoms with van der Waals surface area (Å²) in [5.74, 6) is 1.85. The lowest BCUT2D eigenvalue weighted by Crippen LogP contribution is -2.26. The molecule has 0 spiro atoms. The summed E-state index contributed by atoms with van der Waals surface area (Å²) >= 11 is 0. The van der Waals surface area contributed by atoms with Crippen molar-refractivity contribution in [3.63, 3.8) is 0 Å². The van der Waals surface area contributed by atoms with E-state index in [0.29, 0.717) is 13.2 Å². The van der Waals surface area contributed by atoms with Crippen molar-refractivity contribution in [2.24, 2.45) is 0 Å². The summed E-state index contributed by atoms with van der Waals surface area (Å²) in [6.07, 6.45) is -0.00627. The largest absolute Gasteiger partial charge is 0.491 e. The Labute approximate surface area is 151 Å². The van der Waals surface area contributed by atoms with Gasteiger partial charge in [-0.15, -0.1) is 0 Å². The molecule has 2 aromatic rings. The van der Waals surface area contributed by atoms with Gasteiger partial charge in [0.05, 0.1) is 12.7 Å². The molecular weight excluding hydrogens is 312 g/mol. The van der Waals surface area contributed by atoms with Gasteiger partial charge in [0.2, 0.25) is 0 Å². The van der Waals surface area contributed by atoms with Crippen LogP contribution in [0.4, 0.5) is 0 Å². The van der Waals surface area contributed by atoms with Gasteiger partial charge in [0.15, 0.2) is 0 Å². The molecule has 2 atom stereocenters. The second kappa shape index (κ2) is 8.91. The van der Waals surface area contributed by atoms with Crippen molar-refractivity contribution >= 4 is 0 Å². The van der Waals surface area contributed by atoms with Crippen LogP contribution in [0.1, 0.15) is 36.1 Å². The van der Waals surface area contributed by atoms with Crippen LogP contribution in [0.2, 0.25) is 0 Å². The zero-order chi connectivity index (χ0) is 18.4. The van der Waals surface area contributed by atoms with Gasteiger partial charge in [-0.05, 0) is 75.9 Å². The first kappa shape index (κ1) is 19.3. The van der Waals surface area contributed by atoms with Gasteiger partial charge < -0.3 is 14.2 Å². The molecule has 0 aliphatic heterocycles. The van der Waals surface area contributed by atoms with Crippen molar-refractivity contribution in [2.45, 2.75) is 53.8 Å². The number of aryl methyl sites for hydroxylation is 2. The van der Waals surface area contributed by atoms with Crippen LogP contribution in [0.3, 0.4) is 0 Å². The Balaban J connectivity index is 1.78. The maximum absolute atomic E-state index is 6.01. The van der Waals surface area contributed by atoms with E-state index in [4.69, 9.17) is 14.2 Å². The molecule has 0 saturated carbocycles. The third kappa shape index (κ3) is 5.50. The molecule has 0 bridgehead atoms. The first-order valence-corrected chi connectivity index (χ1v) is 8.92. The van der Waals surface area contributed by atoms with Crippen LogP contribution in [-0.4, -0.2) is 25.4 Å². The minimum atomic E-state index is -0.0105. The molecular formula is C22H30O3. The maximum Gasteiger partial charge on any atom is 0.123 e. The molecule has 136 valence electrons. The average Bonchev–Trinajstić information content (AvgIpc) is 2.58. The fourth-order valence-corrected chi connectivity index (χ4v) is 2.54. The molecule has 2 aromatic carbocycles. The fraction of sp³-hybridized carbons (Fsp3) is 0.455. The zero-order valence-electron chi connectivity index (χ0n) is 16.3. The summed E-state index contributed by atoms with van der Waals surface area (Å²) in [6, 6.07) is 12.2. The molecule has 2 unspecified atom stereocenters. The molecule has 0 aromatic heterocycles. The first-order valence-electron chi connectivity index (χ1n) is 8.92. The molecule has 0 aliphatic rings. The number of benzene rings is 2. The minimum Gasteiger partial charge on any atom is -0.491 e. The van der Waals surface area contributed by atoms with Gasteiger partial charge in [-0.2, -0.15) is 0 Å². The van der Waals surface area contributed by atoms with Gasteiger partial charge in [-0.3, -0.25) is 0 Å². The quantitative estimate of drug-likeness (QED) is 0.662. The molecule has 0 fully saturated rings. The van der Waals surface area contributed by atoms with Crippen molar-refractivity contribution < 1.29 is 14.2 Å². The Morgan fingerprint density at radius 3 is 1.92 bits per heavy atom. The first-order chi connectivity index (χ1) is 11.9. The zero-order valence-corrected chi connectivity index (χ0v) is 16.3. The Morgan fingerprint density at radius 1 is 0.720 bits per heavy atom. The summed E-state index contributed by atoms with van der Waals surface area (Å²) in [4.78, 5) is 0. The van der Waals surface area contributed by atoms with Gasteiger partial charge in [0.25, 0.3) is 0 Å². The van der Waals surface area contributed by atoms with E-state index in [1.807, 2.05) is 38.1 Å². The molecule has 0 amide bonds. The second-order valence-electron chi connectivity index (χ2n) is 6.78. The van der Waals surface area contributed by atoms with Crippen LogP contribution in [-0.2, 0) is 4.74 Å². The standard InChI is InChI=1S/C22H30O3/c1-15-9-7-11-21(19(15)5)24-13-17(3)23-14-18(4)25-22-12-8-10-16(2)20(22)6/h7-12,17-18H,13-14H2,1-6H3. The maximum atomic E-state index is 6.01. The lowest BCUT2D eigenvalue weighted by Gasteiger charge is -2.20. The smallest absolute Gasteiger partial charge is 0.123 e. The number of ether oxygens (including phenoxy) is 3. The van der Waals surface area contributed by atoms with Crippen LogP contribution >= 0.6 is 0 Å². The molecule has 0 heterocycles. The third-order valence-corrected chi connectivity index (χ3v) is 4.53. The average molecular weight is 342 g/mol. The summed E-state index contributed by atoms with van der Waals surface area (Å²) in [5.41, 5.74) is 4.84. The van der Waals surface area contributed by atoms with Gasteiger partial charge in [0.1, 0.15) is 24.2 Å². The Morgan fingerprint density at radius 2 is 1.28 bits per heavy atom. The molecule has 0 radical (unpaired) electrons. The SMILES string of the molecule is Cc1cccc(OCC(C)OCC(C)Oc2cccc(C)c2C)c1C. The van der Waals surface area contributed by atoms with Crippen molar-refractivity contribution in [1.29, 1.82) is 0 Å². The van der Waals surface area contributed by atoms with E-state index in [0.717, 1.165) is 11.5 Å². The van der Waals surface area contributed by atoms with Crippen molar-refractivity contribution in [2.75, 3.05) is 13.2 Å². The van der Waals surface area contributed by atoms with E-state index in [9.17, 15) is 0 Å². The summed E-state index contributed by atoms with van der Waals surface area (Å²) in [5, 5.41) is 0. The highest BCUT2D eigenvalue weighted by Crippen LogP contribution is 2.22. The molecule has 2 rings (SSSR count). The van der Waals surface area contributed by atoms with Gasteiger partial charge >= 0.3 is 0 Å². The Hall–Kier alpha value is -2.00. The molecule has 0 saturated heterocycles. The van der Waals surface area contributed by atoms with Crippen LogP contribution in [0.25, 0.3) is 0 Å². The van der Waals surface area contributed by atoms with E-state index in [2.05, 4.69) is 39.8 Å². The van der Waals surface area contributed by atoms with Crippen LogP contribution in [0, 0.1) is 27.7 Å². The highest BCUT2D eigenvalue weighted by atomic mass is 16.6. The van der Waals surface area contributed by atoms with E-state index in [-0.39, 0.29) is 12.2 Å². The van der Waals surface area contributed by atoms with Crippen molar-refractivity contribution in [3.8, 4) is 11.5 Å². The number of hydrogen-bond donors (Lipinski definition) is 0. The highest BCUT2D eigenvalue weighted by Gasteiger charge is 2.11. The summed E-state index contributed by atoms with van der Waals surface area (Å²) in [6.45, 7) is 13.5. The Bertz CT molecular complexity index is 694. The molecule has 3 nitrogen and oxygen atoms in total. The molecule has 0 N–H and O–H groups in total. The monoisotopic (exact) mass is 342 g/mol. The van der Waals surface area contributed by atoms with E-state index < -0.39 is 0 Å². The molecule has 25 heavy (non-hydrogen) atoms. The Kier molecular flexibility index (Phi) is 6.89. The van der Waals surface area contributed by atoms with Crippen molar-refractivity contribution in [1.82, 2.24) is 0 Å². The van der Waals surface area contributed by atoms with Gasteiger partial charge in [-0.1, -0.05) is 24.3 Å². The lowest BCUT2D eigenvalue weighted by molar-refractivity contribution is -0.00630. The van der Waals surface area contributed by atoms with Crippen molar-refractivity contribution in [3.05, 3.63) is 58.7 Å². The van der Waals surface area contributed by atoms with E-state index in [1.54, 1.807) is 0 Å². The van der Waals surface area contributed by atoms with Crippen LogP contribution in [0.5, 0.6) is 11.5 Å². The van der Waals surface area contributed by atoms with E-state index >= 15 is 0 Å². The number of hydrogen-bond acceptors (Lipinski definition) is 3. The molecule has 3 heteroatoms. The summed E-state index contributed by atoms with van der Waals surface area (Å²) in [7, 11) is 0. The summed E-state index contributed by atoms with van der Waals surface area (Å²) < 4.78 is 17.8. The topological polar surface area (TPSA) is 27.7 Å². The molecule has 0 aliphatic carbocycles. The fourth-order valence-electron chi connectivity index (χ4n) is 2.54. The minimum absolute atomic E-state index is 0.00423. The highest BCUT2D eigenvalue weighted by molar-refractivity contribution is 5.39. The van der Waals surface area contributed by atoms with Crippen LogP contribution in [0.15, 0.2) is 36.4 Å². The van der Waals surface area contributed by atoms with Gasteiger partial charge in [0, 0.05) is 0 Å². The predicted molar refractivity (Wildman–Crippen MR) is 103 cm³/mol. The second-order valence-corrected chi connectivity index (χ2v) is 6.78. The number of rotatable bonds is 8. The van der Waals surface area contributed by atoms with Crippen LogP contribution < -0.4 is 9.47 Å². The van der Waals surface area contributed by atoms with E-state index in [1.165, 1.54) is 22.3 Å². The third-order valence-electron chi connectivity index (χ3n) is 4.53. The normalized spacial score (nSPS) is 13.4. The predicted octanol–water partition coefficient (Wildman–Crippen LogP) is 5.17. The van der Waals surface area contributed by atoms with Gasteiger partial charge in [-0.25, -0.2) is 0 Å². The lowest BCUT2D eigenvalue weighted by atomic mass is 10.1.